The van der Waals surface area contributed by atoms with Crippen LogP contribution in [0, 0.1) is 11.3 Å². The van der Waals surface area contributed by atoms with Gasteiger partial charge < -0.3 is 10.2 Å². The maximum Gasteiger partial charge on any atom is 0.273 e. The van der Waals surface area contributed by atoms with Crippen LogP contribution in [0.5, 0.6) is 0 Å². The Labute approximate surface area is 197 Å². The first-order chi connectivity index (χ1) is 16.6. The summed E-state index contributed by atoms with van der Waals surface area (Å²) in [5.41, 5.74) is 0.0490. The Balaban J connectivity index is 1.32. The van der Waals surface area contributed by atoms with E-state index in [-0.39, 0.29) is 43.3 Å². The minimum absolute atomic E-state index is 0.130. The molecule has 3 aliphatic rings. The zero-order valence-electron chi connectivity index (χ0n) is 18.3. The summed E-state index contributed by atoms with van der Waals surface area (Å²) >= 11 is 0. The standard InChI is InChI=1S/C22H19F2N7O4/c23-22(24)10-21(11-22,5-6-25)27-18(33)15-9-31(29-28-15)13-2-1-12-8-30(20(35)14(12)7-13)16-3-4-17(32)26-19(16)34/h1-2,7,9,16H,3-5,8,10-11H2,(H,27,33)(H,26,32,34). The van der Waals surface area contributed by atoms with Gasteiger partial charge in [-0.05, 0) is 24.1 Å². The van der Waals surface area contributed by atoms with Crippen molar-refractivity contribution in [3.63, 3.8) is 0 Å². The molecule has 11 nitrogen and oxygen atoms in total. The second-order valence-electron chi connectivity index (χ2n) is 9.07. The number of carbonyl (C=O) groups excluding carboxylic acids is 4. The zero-order chi connectivity index (χ0) is 25.0. The maximum atomic E-state index is 13.4. The van der Waals surface area contributed by atoms with Gasteiger partial charge in [0.25, 0.3) is 17.7 Å². The summed E-state index contributed by atoms with van der Waals surface area (Å²) in [6.45, 7) is 0.220. The summed E-state index contributed by atoms with van der Waals surface area (Å²) in [5, 5.41) is 21.4. The first kappa shape index (κ1) is 22.6. The van der Waals surface area contributed by atoms with Gasteiger partial charge in [-0.3, -0.25) is 24.5 Å². The van der Waals surface area contributed by atoms with Gasteiger partial charge >= 0.3 is 0 Å². The smallest absolute Gasteiger partial charge is 0.273 e. The maximum absolute atomic E-state index is 13.4. The molecule has 1 saturated carbocycles. The molecule has 1 unspecified atom stereocenters. The first-order valence-corrected chi connectivity index (χ1v) is 10.9. The van der Waals surface area contributed by atoms with Crippen molar-refractivity contribution in [1.82, 2.24) is 30.5 Å². The Morgan fingerprint density at radius 2 is 2.06 bits per heavy atom. The van der Waals surface area contributed by atoms with Crippen LogP contribution in [0.15, 0.2) is 24.4 Å². The number of nitrogens with one attached hydrogen (secondary N) is 2. The predicted octanol–water partition coefficient (Wildman–Crippen LogP) is 0.840. The first-order valence-electron chi connectivity index (χ1n) is 10.9. The molecule has 1 saturated heterocycles. The highest BCUT2D eigenvalue weighted by Crippen LogP contribution is 2.47. The van der Waals surface area contributed by atoms with Crippen LogP contribution in [0.4, 0.5) is 8.78 Å². The number of nitriles is 1. The molecular weight excluding hydrogens is 464 g/mol. The summed E-state index contributed by atoms with van der Waals surface area (Å²) in [4.78, 5) is 50.6. The number of benzene rings is 1. The van der Waals surface area contributed by atoms with Crippen molar-refractivity contribution < 1.29 is 28.0 Å². The molecule has 2 N–H and O–H groups in total. The van der Waals surface area contributed by atoms with Crippen molar-refractivity contribution in [3.8, 4) is 11.8 Å². The molecule has 1 atom stereocenters. The number of amides is 4. The van der Waals surface area contributed by atoms with Gasteiger partial charge in [0.15, 0.2) is 5.69 Å². The molecule has 180 valence electrons. The lowest BCUT2D eigenvalue weighted by atomic mass is 9.71. The summed E-state index contributed by atoms with van der Waals surface area (Å²) in [6.07, 6.45) is 0.204. The van der Waals surface area contributed by atoms with Crippen molar-refractivity contribution >= 4 is 23.6 Å². The van der Waals surface area contributed by atoms with Crippen LogP contribution in [-0.4, -0.2) is 61.0 Å². The molecule has 13 heteroatoms. The van der Waals surface area contributed by atoms with Crippen molar-refractivity contribution in [1.29, 1.82) is 5.26 Å². The van der Waals surface area contributed by atoms with Crippen LogP contribution >= 0.6 is 0 Å². The summed E-state index contributed by atoms with van der Waals surface area (Å²) in [6, 6.07) is 6.02. The van der Waals surface area contributed by atoms with Crippen molar-refractivity contribution in [3.05, 3.63) is 41.2 Å². The molecule has 0 bridgehead atoms. The second kappa shape index (κ2) is 7.93. The zero-order valence-corrected chi connectivity index (χ0v) is 18.3. The fourth-order valence-corrected chi connectivity index (χ4v) is 4.83. The number of carbonyl (C=O) groups is 4. The average molecular weight is 483 g/mol. The highest BCUT2D eigenvalue weighted by molar-refractivity contribution is 6.05. The van der Waals surface area contributed by atoms with E-state index in [1.807, 2.05) is 6.07 Å². The molecule has 1 aromatic carbocycles. The fraction of sp³-hybridized carbons (Fsp3) is 0.409. The number of nitrogens with zero attached hydrogens (tertiary/aromatic N) is 5. The van der Waals surface area contributed by atoms with Crippen LogP contribution in [0.25, 0.3) is 5.69 Å². The number of imide groups is 1. The van der Waals surface area contributed by atoms with Gasteiger partial charge in [-0.15, -0.1) is 5.10 Å². The van der Waals surface area contributed by atoms with E-state index in [4.69, 9.17) is 5.26 Å². The van der Waals surface area contributed by atoms with Gasteiger partial charge in [0.05, 0.1) is 29.9 Å². The Morgan fingerprint density at radius 3 is 2.74 bits per heavy atom. The summed E-state index contributed by atoms with van der Waals surface area (Å²) < 4.78 is 28.1. The number of rotatable bonds is 5. The highest BCUT2D eigenvalue weighted by Gasteiger charge is 2.57. The van der Waals surface area contributed by atoms with Crippen LogP contribution in [-0.2, 0) is 16.1 Å². The third-order valence-electron chi connectivity index (χ3n) is 6.49. The molecule has 2 aliphatic heterocycles. The number of alkyl halides is 2. The number of fused-ring (bicyclic) bond motifs is 1. The van der Waals surface area contributed by atoms with Gasteiger partial charge in [-0.25, -0.2) is 13.5 Å². The third-order valence-corrected chi connectivity index (χ3v) is 6.49. The molecule has 0 spiro atoms. The SMILES string of the molecule is N#CCC1(NC(=O)c2cn(-c3ccc4c(c3)C(=O)N(C3CCC(=O)NC3=O)C4)nn2)CC(F)(F)C1. The van der Waals surface area contributed by atoms with Gasteiger partial charge in [-0.1, -0.05) is 11.3 Å². The Bertz CT molecular complexity index is 1310. The van der Waals surface area contributed by atoms with Crippen LogP contribution in [0.3, 0.4) is 0 Å². The van der Waals surface area contributed by atoms with Gasteiger partial charge in [0.2, 0.25) is 11.8 Å². The minimum Gasteiger partial charge on any atom is -0.344 e. The normalized spacial score (nSPS) is 22.1. The molecule has 35 heavy (non-hydrogen) atoms. The fourth-order valence-electron chi connectivity index (χ4n) is 4.83. The number of hydrogen-bond acceptors (Lipinski definition) is 7. The largest absolute Gasteiger partial charge is 0.344 e. The van der Waals surface area contributed by atoms with E-state index in [9.17, 15) is 28.0 Å². The lowest BCUT2D eigenvalue weighted by Crippen LogP contribution is -2.62. The van der Waals surface area contributed by atoms with E-state index >= 15 is 0 Å². The second-order valence-corrected chi connectivity index (χ2v) is 9.07. The summed E-state index contributed by atoms with van der Waals surface area (Å²) in [5.74, 6) is -4.90. The Hall–Kier alpha value is -4.21. The molecule has 0 radical (unpaired) electrons. The van der Waals surface area contributed by atoms with E-state index < -0.39 is 42.2 Å². The Kier molecular flexibility index (Phi) is 5.12. The van der Waals surface area contributed by atoms with E-state index in [0.29, 0.717) is 16.8 Å². The van der Waals surface area contributed by atoms with E-state index in [1.165, 1.54) is 15.8 Å². The number of hydrogen-bond donors (Lipinski definition) is 2. The quantitative estimate of drug-likeness (QED) is 0.598. The van der Waals surface area contributed by atoms with Crippen molar-refractivity contribution in [2.75, 3.05) is 0 Å². The van der Waals surface area contributed by atoms with Gasteiger partial charge in [-0.2, -0.15) is 5.26 Å². The average Bonchev–Trinajstić information content (AvgIpc) is 3.38. The highest BCUT2D eigenvalue weighted by atomic mass is 19.3. The van der Waals surface area contributed by atoms with E-state index in [0.717, 1.165) is 0 Å². The number of piperidine rings is 1. The van der Waals surface area contributed by atoms with Crippen LogP contribution < -0.4 is 10.6 Å². The molecule has 4 amide bonds. The molecule has 1 aromatic heterocycles. The number of halogens is 2. The molecule has 2 fully saturated rings. The van der Waals surface area contributed by atoms with Gasteiger partial charge in [0, 0.05) is 31.4 Å². The monoisotopic (exact) mass is 483 g/mol. The van der Waals surface area contributed by atoms with Crippen LogP contribution in [0.1, 0.15) is 58.5 Å². The molecular formula is C22H19F2N7O4. The molecule has 5 rings (SSSR count). The van der Waals surface area contributed by atoms with Crippen molar-refractivity contribution in [2.45, 2.75) is 56.2 Å². The topological polar surface area (TPSA) is 150 Å². The third kappa shape index (κ3) is 4.01. The molecule has 2 aromatic rings. The lowest BCUT2D eigenvalue weighted by molar-refractivity contribution is -0.137. The van der Waals surface area contributed by atoms with E-state index in [2.05, 4.69) is 20.9 Å². The van der Waals surface area contributed by atoms with Crippen LogP contribution in [0.2, 0.25) is 0 Å². The number of aromatic nitrogens is 3. The van der Waals surface area contributed by atoms with Gasteiger partial charge in [0.1, 0.15) is 6.04 Å². The lowest BCUT2D eigenvalue weighted by Gasteiger charge is -2.46. The van der Waals surface area contributed by atoms with E-state index in [1.54, 1.807) is 18.2 Å². The molecule has 3 heterocycles. The molecule has 1 aliphatic carbocycles. The predicted molar refractivity (Wildman–Crippen MR) is 112 cm³/mol. The minimum atomic E-state index is -2.93. The Morgan fingerprint density at radius 1 is 1.29 bits per heavy atom. The van der Waals surface area contributed by atoms with Crippen molar-refractivity contribution in [2.24, 2.45) is 0 Å². The summed E-state index contributed by atoms with van der Waals surface area (Å²) in [7, 11) is 0.